The summed E-state index contributed by atoms with van der Waals surface area (Å²) in [7, 11) is 0. The Morgan fingerprint density at radius 2 is 2.14 bits per heavy atom. The number of nitrogens with one attached hydrogen (secondary N) is 1. The third-order valence-corrected chi connectivity index (χ3v) is 5.76. The van der Waals surface area contributed by atoms with Crippen molar-refractivity contribution < 1.29 is 0 Å². The van der Waals surface area contributed by atoms with Gasteiger partial charge in [0.25, 0.3) is 0 Å². The fraction of sp³-hybridized carbons (Fsp3) is 0.471. The lowest BCUT2D eigenvalue weighted by Crippen LogP contribution is -2.29. The zero-order chi connectivity index (χ0) is 14.1. The number of anilines is 1. The largest absolute Gasteiger partial charge is 0.366 e. The van der Waals surface area contributed by atoms with E-state index in [1.54, 1.807) is 0 Å². The molecule has 2 aliphatic heterocycles. The summed E-state index contributed by atoms with van der Waals surface area (Å²) in [5, 5.41) is 4.87. The van der Waals surface area contributed by atoms with Crippen molar-refractivity contribution in [2.75, 3.05) is 24.5 Å². The van der Waals surface area contributed by atoms with Gasteiger partial charge in [-0.25, -0.2) is 4.98 Å². The number of aromatic nitrogens is 1. The molecule has 2 aromatic rings. The number of thiazole rings is 1. The van der Waals surface area contributed by atoms with E-state index < -0.39 is 0 Å². The minimum Gasteiger partial charge on any atom is -0.366 e. The van der Waals surface area contributed by atoms with Crippen LogP contribution in [0.25, 0.3) is 0 Å². The van der Waals surface area contributed by atoms with Crippen molar-refractivity contribution in [3.8, 4) is 0 Å². The third kappa shape index (κ3) is 2.70. The van der Waals surface area contributed by atoms with Gasteiger partial charge in [-0.3, -0.25) is 0 Å². The fourth-order valence-corrected chi connectivity index (χ4v) is 4.57. The van der Waals surface area contributed by atoms with Gasteiger partial charge in [0.15, 0.2) is 0 Å². The van der Waals surface area contributed by atoms with Crippen molar-refractivity contribution in [3.63, 3.8) is 0 Å². The highest BCUT2D eigenvalue weighted by Gasteiger charge is 2.25. The monoisotopic (exact) mass is 299 g/mol. The molecule has 0 aliphatic carbocycles. The van der Waals surface area contributed by atoms with Crippen LogP contribution in [-0.4, -0.2) is 24.6 Å². The van der Waals surface area contributed by atoms with E-state index in [0.717, 1.165) is 26.1 Å². The molecular weight excluding hydrogens is 278 g/mol. The average molecular weight is 299 g/mol. The SMILES string of the molecule is c1ccc(N2CCc3nc(C4CCCNC4)sc3C2)cc1. The summed E-state index contributed by atoms with van der Waals surface area (Å²) < 4.78 is 0. The second kappa shape index (κ2) is 5.78. The van der Waals surface area contributed by atoms with E-state index in [0.29, 0.717) is 5.92 Å². The Hall–Kier alpha value is -1.39. The van der Waals surface area contributed by atoms with E-state index in [9.17, 15) is 0 Å². The van der Waals surface area contributed by atoms with Gasteiger partial charge in [-0.1, -0.05) is 18.2 Å². The molecule has 3 nitrogen and oxygen atoms in total. The quantitative estimate of drug-likeness (QED) is 0.923. The van der Waals surface area contributed by atoms with Crippen LogP contribution >= 0.6 is 11.3 Å². The Balaban J connectivity index is 1.54. The Kier molecular flexibility index (Phi) is 3.65. The van der Waals surface area contributed by atoms with Crippen molar-refractivity contribution in [2.45, 2.75) is 31.7 Å². The summed E-state index contributed by atoms with van der Waals surface area (Å²) >= 11 is 1.95. The molecule has 0 saturated carbocycles. The Morgan fingerprint density at radius 1 is 1.24 bits per heavy atom. The van der Waals surface area contributed by atoms with Crippen LogP contribution in [-0.2, 0) is 13.0 Å². The minimum atomic E-state index is 0.638. The summed E-state index contributed by atoms with van der Waals surface area (Å²) in [5.74, 6) is 0.638. The van der Waals surface area contributed by atoms with Gasteiger partial charge in [0.2, 0.25) is 0 Å². The van der Waals surface area contributed by atoms with Crippen LogP contribution in [0.15, 0.2) is 30.3 Å². The van der Waals surface area contributed by atoms with Gasteiger partial charge in [-0.15, -0.1) is 11.3 Å². The highest BCUT2D eigenvalue weighted by Crippen LogP contribution is 2.33. The zero-order valence-electron chi connectivity index (χ0n) is 12.2. The van der Waals surface area contributed by atoms with Crippen LogP contribution in [0.3, 0.4) is 0 Å². The molecule has 1 aromatic carbocycles. The molecule has 1 atom stereocenters. The van der Waals surface area contributed by atoms with Crippen LogP contribution in [0.4, 0.5) is 5.69 Å². The Labute approximate surface area is 130 Å². The molecular formula is C17H21N3S. The predicted molar refractivity (Wildman–Crippen MR) is 88.2 cm³/mol. The topological polar surface area (TPSA) is 28.2 Å². The lowest BCUT2D eigenvalue weighted by Gasteiger charge is -2.28. The van der Waals surface area contributed by atoms with E-state index in [1.807, 2.05) is 11.3 Å². The van der Waals surface area contributed by atoms with Gasteiger partial charge < -0.3 is 10.2 Å². The lowest BCUT2D eigenvalue weighted by molar-refractivity contribution is 0.460. The molecule has 0 spiro atoms. The molecule has 0 radical (unpaired) electrons. The molecule has 110 valence electrons. The van der Waals surface area contributed by atoms with Crippen molar-refractivity contribution >= 4 is 17.0 Å². The van der Waals surface area contributed by atoms with Gasteiger partial charge in [-0.2, -0.15) is 0 Å². The number of hydrogen-bond acceptors (Lipinski definition) is 4. The standard InChI is InChI=1S/C17H21N3S/c1-2-6-14(7-3-1)20-10-8-15-16(12-20)21-17(19-15)13-5-4-9-18-11-13/h1-3,6-7,13,18H,4-5,8-12H2. The molecule has 0 amide bonds. The molecule has 1 saturated heterocycles. The molecule has 1 fully saturated rings. The van der Waals surface area contributed by atoms with E-state index >= 15 is 0 Å². The highest BCUT2D eigenvalue weighted by molar-refractivity contribution is 7.11. The number of piperidine rings is 1. The molecule has 1 N–H and O–H groups in total. The number of para-hydroxylation sites is 1. The van der Waals surface area contributed by atoms with Gasteiger partial charge in [0.05, 0.1) is 17.2 Å². The second-order valence-electron chi connectivity index (χ2n) is 5.97. The number of rotatable bonds is 2. The van der Waals surface area contributed by atoms with Gasteiger partial charge in [0, 0.05) is 36.0 Å². The van der Waals surface area contributed by atoms with Crippen LogP contribution in [0, 0.1) is 0 Å². The summed E-state index contributed by atoms with van der Waals surface area (Å²) in [6.45, 7) is 4.39. The maximum absolute atomic E-state index is 4.95. The summed E-state index contributed by atoms with van der Waals surface area (Å²) in [4.78, 5) is 8.91. The minimum absolute atomic E-state index is 0.638. The molecule has 21 heavy (non-hydrogen) atoms. The maximum atomic E-state index is 4.95. The first-order valence-corrected chi connectivity index (χ1v) is 8.71. The molecule has 4 heteroatoms. The first-order valence-electron chi connectivity index (χ1n) is 7.89. The van der Waals surface area contributed by atoms with Crippen molar-refractivity contribution in [2.24, 2.45) is 0 Å². The van der Waals surface area contributed by atoms with Crippen LogP contribution in [0.1, 0.15) is 34.3 Å². The molecule has 1 unspecified atom stereocenters. The van der Waals surface area contributed by atoms with E-state index in [-0.39, 0.29) is 0 Å². The van der Waals surface area contributed by atoms with Crippen molar-refractivity contribution in [1.29, 1.82) is 0 Å². The number of benzene rings is 1. The molecule has 1 aromatic heterocycles. The number of fused-ring (bicyclic) bond motifs is 1. The van der Waals surface area contributed by atoms with Crippen LogP contribution in [0.2, 0.25) is 0 Å². The normalized spacial score (nSPS) is 22.1. The lowest BCUT2D eigenvalue weighted by atomic mass is 10.0. The molecule has 4 rings (SSSR count). The second-order valence-corrected chi connectivity index (χ2v) is 7.09. The van der Waals surface area contributed by atoms with Crippen LogP contribution in [0.5, 0.6) is 0 Å². The van der Waals surface area contributed by atoms with E-state index in [1.165, 1.54) is 40.7 Å². The van der Waals surface area contributed by atoms with Crippen molar-refractivity contribution in [1.82, 2.24) is 10.3 Å². The third-order valence-electron chi connectivity index (χ3n) is 4.52. The smallest absolute Gasteiger partial charge is 0.0975 e. The van der Waals surface area contributed by atoms with Gasteiger partial charge >= 0.3 is 0 Å². The summed E-state index contributed by atoms with van der Waals surface area (Å²) in [6.07, 6.45) is 3.66. The van der Waals surface area contributed by atoms with Crippen molar-refractivity contribution in [3.05, 3.63) is 45.9 Å². The predicted octanol–water partition coefficient (Wildman–Crippen LogP) is 3.17. The Morgan fingerprint density at radius 3 is 2.95 bits per heavy atom. The Bertz CT molecular complexity index is 602. The first-order chi connectivity index (χ1) is 10.4. The molecule has 3 heterocycles. The zero-order valence-corrected chi connectivity index (χ0v) is 13.0. The van der Waals surface area contributed by atoms with Gasteiger partial charge in [-0.05, 0) is 31.5 Å². The van der Waals surface area contributed by atoms with E-state index in [4.69, 9.17) is 4.98 Å². The summed E-state index contributed by atoms with van der Waals surface area (Å²) in [5.41, 5.74) is 2.69. The van der Waals surface area contributed by atoms with Gasteiger partial charge in [0.1, 0.15) is 0 Å². The van der Waals surface area contributed by atoms with E-state index in [2.05, 4.69) is 40.5 Å². The number of hydrogen-bond donors (Lipinski definition) is 1. The first kappa shape index (κ1) is 13.3. The highest BCUT2D eigenvalue weighted by atomic mass is 32.1. The number of nitrogens with zero attached hydrogens (tertiary/aromatic N) is 2. The average Bonchev–Trinajstić information content (AvgIpc) is 2.99. The fourth-order valence-electron chi connectivity index (χ4n) is 3.31. The summed E-state index contributed by atoms with van der Waals surface area (Å²) in [6, 6.07) is 10.7. The van der Waals surface area contributed by atoms with Crippen LogP contribution < -0.4 is 10.2 Å². The molecule has 0 bridgehead atoms. The molecule has 2 aliphatic rings. The maximum Gasteiger partial charge on any atom is 0.0975 e.